The molecule has 0 bridgehead atoms. The molecule has 1 fully saturated rings. The molecule has 5 nitrogen and oxygen atoms in total. The quantitative estimate of drug-likeness (QED) is 0.192. The van der Waals surface area contributed by atoms with Crippen molar-refractivity contribution in [2.45, 2.75) is 26.2 Å². The largest absolute Gasteiger partial charge is 0.440 e. The Morgan fingerprint density at radius 1 is 1.17 bits per heavy atom. The second-order valence-electron chi connectivity index (χ2n) is 7.39. The molecular weight excluding hydrogens is 374 g/mol. The molecule has 1 amide bonds. The maximum absolute atomic E-state index is 10.8. The molecule has 1 saturated carbocycles. The normalized spacial score (nSPS) is 12.7. The molecular formula is C25H31N3O2. The Morgan fingerprint density at radius 3 is 2.37 bits per heavy atom. The maximum Gasteiger partial charge on any atom is 0.248 e. The van der Waals surface area contributed by atoms with Crippen LogP contribution in [0.5, 0.6) is 5.75 Å². The lowest BCUT2D eigenvalue weighted by Crippen LogP contribution is -2.19. The Bertz CT molecular complexity index is 854. The monoisotopic (exact) mass is 405 g/mol. The van der Waals surface area contributed by atoms with Crippen molar-refractivity contribution in [3.05, 3.63) is 90.0 Å². The number of hydrogen-bond donors (Lipinski definition) is 3. The number of carbonyl (C=O) groups is 1. The van der Waals surface area contributed by atoms with Crippen molar-refractivity contribution in [2.75, 3.05) is 13.1 Å². The van der Waals surface area contributed by atoms with Crippen LogP contribution in [0.1, 0.15) is 24.0 Å². The fraction of sp³-hybridized carbons (Fsp3) is 0.280. The Balaban J connectivity index is 0.000000386. The SMILES string of the molecule is C=C(/C=C\C(=N)Oc1ccc(CCNCC2CC2)cc1)C(N)=O.Cc1ccccc1. The van der Waals surface area contributed by atoms with E-state index in [2.05, 4.69) is 31.0 Å². The van der Waals surface area contributed by atoms with Gasteiger partial charge in [-0.3, -0.25) is 10.2 Å². The number of primary amides is 1. The molecule has 0 saturated heterocycles. The van der Waals surface area contributed by atoms with Gasteiger partial charge >= 0.3 is 0 Å². The van der Waals surface area contributed by atoms with Crippen molar-refractivity contribution >= 4 is 11.8 Å². The van der Waals surface area contributed by atoms with Gasteiger partial charge in [0.2, 0.25) is 11.8 Å². The number of nitrogens with one attached hydrogen (secondary N) is 2. The molecule has 30 heavy (non-hydrogen) atoms. The van der Waals surface area contributed by atoms with Gasteiger partial charge in [-0.1, -0.05) is 54.6 Å². The van der Waals surface area contributed by atoms with Crippen LogP contribution in [0.4, 0.5) is 0 Å². The van der Waals surface area contributed by atoms with Crippen LogP contribution >= 0.6 is 0 Å². The Kier molecular flexibility index (Phi) is 9.55. The molecule has 0 atom stereocenters. The second-order valence-corrected chi connectivity index (χ2v) is 7.39. The van der Waals surface area contributed by atoms with Crippen molar-refractivity contribution in [1.29, 1.82) is 5.41 Å². The number of rotatable bonds is 9. The molecule has 5 heteroatoms. The third-order valence-electron chi connectivity index (χ3n) is 4.56. The number of nitrogens with two attached hydrogens (primary N) is 1. The maximum atomic E-state index is 10.8. The number of benzene rings is 2. The van der Waals surface area contributed by atoms with Crippen molar-refractivity contribution in [3.8, 4) is 5.75 Å². The van der Waals surface area contributed by atoms with E-state index < -0.39 is 5.91 Å². The van der Waals surface area contributed by atoms with E-state index >= 15 is 0 Å². The summed E-state index contributed by atoms with van der Waals surface area (Å²) in [7, 11) is 0. The summed E-state index contributed by atoms with van der Waals surface area (Å²) in [4.78, 5) is 10.8. The zero-order valence-electron chi connectivity index (χ0n) is 17.6. The van der Waals surface area contributed by atoms with Crippen molar-refractivity contribution in [2.24, 2.45) is 11.7 Å². The number of hydrogen-bond acceptors (Lipinski definition) is 4. The lowest BCUT2D eigenvalue weighted by atomic mass is 10.1. The van der Waals surface area contributed by atoms with Gasteiger partial charge in [-0.15, -0.1) is 0 Å². The highest BCUT2D eigenvalue weighted by Gasteiger charge is 2.19. The highest BCUT2D eigenvalue weighted by atomic mass is 16.5. The molecule has 2 aromatic rings. The Hall–Kier alpha value is -3.18. The molecule has 158 valence electrons. The molecule has 0 unspecified atom stereocenters. The summed E-state index contributed by atoms with van der Waals surface area (Å²) in [5.41, 5.74) is 7.74. The van der Waals surface area contributed by atoms with Gasteiger partial charge in [-0.05, 0) is 69.0 Å². The van der Waals surface area contributed by atoms with Crippen LogP contribution in [-0.4, -0.2) is 24.9 Å². The summed E-state index contributed by atoms with van der Waals surface area (Å²) in [6, 6.07) is 17.9. The summed E-state index contributed by atoms with van der Waals surface area (Å²) < 4.78 is 5.35. The van der Waals surface area contributed by atoms with Gasteiger partial charge in [-0.25, -0.2) is 0 Å². The van der Waals surface area contributed by atoms with Gasteiger partial charge in [0.15, 0.2) is 0 Å². The minimum atomic E-state index is -0.617. The summed E-state index contributed by atoms with van der Waals surface area (Å²) in [6.07, 6.45) is 6.43. The molecule has 1 aliphatic rings. The van der Waals surface area contributed by atoms with E-state index in [4.69, 9.17) is 15.9 Å². The topological polar surface area (TPSA) is 88.2 Å². The minimum absolute atomic E-state index is 0.0775. The summed E-state index contributed by atoms with van der Waals surface area (Å²) in [5, 5.41) is 11.1. The fourth-order valence-electron chi connectivity index (χ4n) is 2.54. The van der Waals surface area contributed by atoms with E-state index in [0.29, 0.717) is 5.75 Å². The Labute approximate surface area is 179 Å². The van der Waals surface area contributed by atoms with Crippen molar-refractivity contribution < 1.29 is 9.53 Å². The zero-order valence-corrected chi connectivity index (χ0v) is 17.6. The molecule has 1 aliphatic carbocycles. The summed E-state index contributed by atoms with van der Waals surface area (Å²) >= 11 is 0. The first kappa shape index (κ1) is 23.1. The summed E-state index contributed by atoms with van der Waals surface area (Å²) in [6.45, 7) is 7.66. The average molecular weight is 406 g/mol. The molecule has 4 N–H and O–H groups in total. The van der Waals surface area contributed by atoms with Crippen LogP contribution in [0.3, 0.4) is 0 Å². The standard InChI is InChI=1S/C18H23N3O2.C7H8/c1-13(18(20)22)2-9-17(19)23-16-7-5-14(6-8-16)10-11-21-12-15-3-4-15;1-7-5-3-2-4-6-7/h2,5-9,15,19,21H,1,3-4,10-12H2,(H2,20,22);2-6H,1H3/b9-2-,19-17?;. The molecule has 3 rings (SSSR count). The molecule has 0 aromatic heterocycles. The first-order chi connectivity index (χ1) is 14.4. The van der Waals surface area contributed by atoms with Crippen LogP contribution in [0.25, 0.3) is 0 Å². The van der Waals surface area contributed by atoms with Crippen LogP contribution in [0.2, 0.25) is 0 Å². The average Bonchev–Trinajstić information content (AvgIpc) is 3.56. The zero-order chi connectivity index (χ0) is 21.8. The van der Waals surface area contributed by atoms with Gasteiger partial charge < -0.3 is 15.8 Å². The lowest BCUT2D eigenvalue weighted by molar-refractivity contribution is -0.114. The van der Waals surface area contributed by atoms with Gasteiger partial charge in [-0.2, -0.15) is 0 Å². The minimum Gasteiger partial charge on any atom is -0.440 e. The number of carbonyl (C=O) groups excluding carboxylic acids is 1. The van der Waals surface area contributed by atoms with Gasteiger partial charge in [0.1, 0.15) is 5.75 Å². The van der Waals surface area contributed by atoms with E-state index in [1.165, 1.54) is 36.1 Å². The van der Waals surface area contributed by atoms with Crippen LogP contribution in [-0.2, 0) is 11.2 Å². The van der Waals surface area contributed by atoms with Crippen molar-refractivity contribution in [3.63, 3.8) is 0 Å². The predicted octanol–water partition coefficient (Wildman–Crippen LogP) is 4.18. The number of aryl methyl sites for hydroxylation is 1. The molecule has 0 radical (unpaired) electrons. The molecule has 2 aromatic carbocycles. The third kappa shape index (κ3) is 9.85. The van der Waals surface area contributed by atoms with E-state index in [0.717, 1.165) is 25.4 Å². The van der Waals surface area contributed by atoms with Crippen LogP contribution < -0.4 is 15.8 Å². The smallest absolute Gasteiger partial charge is 0.248 e. The number of ether oxygens (including phenoxy) is 1. The predicted molar refractivity (Wildman–Crippen MR) is 123 cm³/mol. The van der Waals surface area contributed by atoms with Crippen molar-refractivity contribution in [1.82, 2.24) is 5.32 Å². The first-order valence-electron chi connectivity index (χ1n) is 10.2. The second kappa shape index (κ2) is 12.4. The van der Waals surface area contributed by atoms with Crippen LogP contribution in [0, 0.1) is 18.3 Å². The third-order valence-corrected chi connectivity index (χ3v) is 4.56. The Morgan fingerprint density at radius 2 is 1.83 bits per heavy atom. The number of amides is 1. The van der Waals surface area contributed by atoms with E-state index in [1.807, 2.05) is 42.5 Å². The van der Waals surface area contributed by atoms with Gasteiger partial charge in [0, 0.05) is 11.6 Å². The van der Waals surface area contributed by atoms with Crippen LogP contribution in [0.15, 0.2) is 78.9 Å². The lowest BCUT2D eigenvalue weighted by Gasteiger charge is -2.06. The fourth-order valence-corrected chi connectivity index (χ4v) is 2.54. The van der Waals surface area contributed by atoms with E-state index in [9.17, 15) is 4.79 Å². The highest BCUT2D eigenvalue weighted by Crippen LogP contribution is 2.27. The summed E-state index contributed by atoms with van der Waals surface area (Å²) in [5.74, 6) is 0.787. The van der Waals surface area contributed by atoms with E-state index in [1.54, 1.807) is 0 Å². The molecule has 0 aliphatic heterocycles. The van der Waals surface area contributed by atoms with Gasteiger partial charge in [0.25, 0.3) is 0 Å². The molecule has 0 spiro atoms. The van der Waals surface area contributed by atoms with E-state index in [-0.39, 0.29) is 11.5 Å². The highest BCUT2D eigenvalue weighted by molar-refractivity contribution is 5.96. The first-order valence-corrected chi connectivity index (χ1v) is 10.2. The van der Waals surface area contributed by atoms with Gasteiger partial charge in [0.05, 0.1) is 0 Å². The molecule has 0 heterocycles.